The number of allylic oxidation sites excluding steroid dienone is 2. The molecule has 0 aliphatic heterocycles. The molecule has 0 fully saturated rings. The van der Waals surface area contributed by atoms with Gasteiger partial charge in [-0.05, 0) is 29.5 Å². The van der Waals surface area contributed by atoms with Crippen LogP contribution in [0.5, 0.6) is 0 Å². The van der Waals surface area contributed by atoms with Gasteiger partial charge >= 0.3 is 0 Å². The number of hydrogen-bond acceptors (Lipinski definition) is 1. The van der Waals surface area contributed by atoms with Crippen LogP contribution in [0.1, 0.15) is 55.4 Å². The fourth-order valence-electron chi connectivity index (χ4n) is 2.10. The van der Waals surface area contributed by atoms with E-state index in [2.05, 4.69) is 96.4 Å². The van der Waals surface area contributed by atoms with Crippen LogP contribution < -0.4 is 10.2 Å². The minimum atomic E-state index is -2.88. The van der Waals surface area contributed by atoms with E-state index >= 15 is 0 Å². The van der Waals surface area contributed by atoms with Gasteiger partial charge in [-0.15, -0.1) is 0 Å². The third kappa shape index (κ3) is 9.61. The molecular weight excluding hydrogens is 315 g/mol. The van der Waals surface area contributed by atoms with E-state index in [-0.39, 0.29) is 12.1 Å². The molecule has 0 aromatic carbocycles. The SMILES string of the molecule is C=CP(=O)(N[C@H](/C=C\C(C)C)C(C)C)N[C@H](/C=C\C(C)C)C(C)C. The fraction of sp³-hybridized carbons (Fsp3) is 0.700. The molecule has 140 valence electrons. The van der Waals surface area contributed by atoms with Crippen LogP contribution in [-0.4, -0.2) is 12.1 Å². The molecule has 2 atom stereocenters. The van der Waals surface area contributed by atoms with E-state index < -0.39 is 7.44 Å². The summed E-state index contributed by atoms with van der Waals surface area (Å²) in [6, 6.07) is 0.0937. The molecule has 4 heteroatoms. The van der Waals surface area contributed by atoms with E-state index in [1.165, 1.54) is 0 Å². The van der Waals surface area contributed by atoms with E-state index in [1.54, 1.807) is 5.82 Å². The Balaban J connectivity index is 5.27. The second-order valence-electron chi connectivity index (χ2n) is 7.90. The molecule has 24 heavy (non-hydrogen) atoms. The van der Waals surface area contributed by atoms with Crippen molar-refractivity contribution in [2.24, 2.45) is 23.7 Å². The van der Waals surface area contributed by atoms with Crippen molar-refractivity contribution in [3.8, 4) is 0 Å². The van der Waals surface area contributed by atoms with Gasteiger partial charge < -0.3 is 0 Å². The maximum absolute atomic E-state index is 13.3. The van der Waals surface area contributed by atoms with Crippen LogP contribution in [-0.2, 0) is 4.57 Å². The molecule has 2 N–H and O–H groups in total. The van der Waals surface area contributed by atoms with E-state index in [0.29, 0.717) is 23.7 Å². The maximum atomic E-state index is 13.3. The van der Waals surface area contributed by atoms with Crippen LogP contribution in [0.2, 0.25) is 0 Å². The molecule has 0 rings (SSSR count). The minimum Gasteiger partial charge on any atom is -0.285 e. The van der Waals surface area contributed by atoms with Crippen LogP contribution >= 0.6 is 7.44 Å². The van der Waals surface area contributed by atoms with Gasteiger partial charge in [-0.25, -0.2) is 10.2 Å². The molecule has 0 radical (unpaired) electrons. The highest BCUT2D eigenvalue weighted by Gasteiger charge is 2.26. The Hall–Kier alpha value is -0.630. The molecule has 0 aromatic heterocycles. The largest absolute Gasteiger partial charge is 0.285 e. The first kappa shape index (κ1) is 23.4. The third-order valence-electron chi connectivity index (χ3n) is 3.78. The third-order valence-corrected chi connectivity index (χ3v) is 5.66. The second-order valence-corrected chi connectivity index (χ2v) is 10.1. The molecule has 0 aliphatic carbocycles. The van der Waals surface area contributed by atoms with Gasteiger partial charge in [0, 0.05) is 12.1 Å². The lowest BCUT2D eigenvalue weighted by Crippen LogP contribution is -2.38. The summed E-state index contributed by atoms with van der Waals surface area (Å²) in [5.41, 5.74) is 0. The molecule has 0 unspecified atom stereocenters. The first-order valence-corrected chi connectivity index (χ1v) is 10.9. The molecule has 0 aromatic rings. The van der Waals surface area contributed by atoms with Crippen molar-refractivity contribution in [2.75, 3.05) is 0 Å². The molecule has 0 amide bonds. The Labute approximate surface area is 150 Å². The lowest BCUT2D eigenvalue weighted by atomic mass is 10.0. The molecule has 0 heterocycles. The molecule has 0 saturated heterocycles. The van der Waals surface area contributed by atoms with Crippen LogP contribution in [0.3, 0.4) is 0 Å². The monoisotopic (exact) mass is 354 g/mol. The van der Waals surface area contributed by atoms with Crippen molar-refractivity contribution in [3.63, 3.8) is 0 Å². The summed E-state index contributed by atoms with van der Waals surface area (Å²) in [4.78, 5) is 0. The lowest BCUT2D eigenvalue weighted by molar-refractivity contribution is 0.478. The summed E-state index contributed by atoms with van der Waals surface area (Å²) in [5.74, 6) is 3.19. The highest BCUT2D eigenvalue weighted by Crippen LogP contribution is 2.40. The van der Waals surface area contributed by atoms with Gasteiger partial charge in [-0.1, -0.05) is 86.3 Å². The summed E-state index contributed by atoms with van der Waals surface area (Å²) in [6.07, 6.45) is 8.57. The molecule has 0 saturated carbocycles. The van der Waals surface area contributed by atoms with Crippen molar-refractivity contribution in [2.45, 2.75) is 67.5 Å². The summed E-state index contributed by atoms with van der Waals surface area (Å²) >= 11 is 0. The zero-order chi connectivity index (χ0) is 18.9. The first-order chi connectivity index (χ1) is 11.0. The van der Waals surface area contributed by atoms with Crippen LogP contribution in [0.25, 0.3) is 0 Å². The van der Waals surface area contributed by atoms with Gasteiger partial charge in [-0.3, -0.25) is 4.57 Å². The van der Waals surface area contributed by atoms with Gasteiger partial charge in [0.15, 0.2) is 0 Å². The van der Waals surface area contributed by atoms with Gasteiger partial charge in [0.25, 0.3) is 0 Å². The topological polar surface area (TPSA) is 41.1 Å². The molecular formula is C20H39N2OP. The molecule has 3 nitrogen and oxygen atoms in total. The van der Waals surface area contributed by atoms with Crippen molar-refractivity contribution >= 4 is 7.44 Å². The Morgan fingerprint density at radius 3 is 1.25 bits per heavy atom. The average Bonchev–Trinajstić information content (AvgIpc) is 2.46. The molecule has 0 spiro atoms. The Morgan fingerprint density at radius 2 is 1.04 bits per heavy atom. The summed E-state index contributed by atoms with van der Waals surface area (Å²) in [5, 5.41) is 6.63. The van der Waals surface area contributed by atoms with E-state index in [4.69, 9.17) is 0 Å². The zero-order valence-corrected chi connectivity index (χ0v) is 17.8. The summed E-state index contributed by atoms with van der Waals surface area (Å²) in [7, 11) is -2.88. The molecule has 0 aliphatic rings. The average molecular weight is 355 g/mol. The summed E-state index contributed by atoms with van der Waals surface area (Å²) < 4.78 is 13.3. The Morgan fingerprint density at radius 1 is 0.708 bits per heavy atom. The lowest BCUT2D eigenvalue weighted by Gasteiger charge is -2.29. The molecule has 0 bridgehead atoms. The first-order valence-electron chi connectivity index (χ1n) is 9.16. The highest BCUT2D eigenvalue weighted by molar-refractivity contribution is 7.63. The van der Waals surface area contributed by atoms with Crippen LogP contribution in [0, 0.1) is 23.7 Å². The normalized spacial score (nSPS) is 16.2. The Kier molecular flexibility index (Phi) is 10.8. The number of rotatable bonds is 11. The summed E-state index contributed by atoms with van der Waals surface area (Å²) in [6.45, 7) is 20.9. The highest BCUT2D eigenvalue weighted by atomic mass is 31.2. The van der Waals surface area contributed by atoms with Gasteiger partial charge in [-0.2, -0.15) is 0 Å². The van der Waals surface area contributed by atoms with Crippen LogP contribution in [0.4, 0.5) is 0 Å². The second kappa shape index (κ2) is 11.1. The smallest absolute Gasteiger partial charge is 0.233 e. The standard InChI is InChI=1S/C20H39N2OP/c1-10-24(23,21-19(17(6)7)13-11-15(2)3)22-20(18(8)9)14-12-16(4)5/h10-20H,1H2,2-9H3,(H2,21,22,23)/b13-11-,14-12-/t19-,20-/m1/s1. The quantitative estimate of drug-likeness (QED) is 0.354. The van der Waals surface area contributed by atoms with Crippen molar-refractivity contribution in [3.05, 3.63) is 36.7 Å². The predicted octanol–water partition coefficient (Wildman–Crippen LogP) is 5.98. The van der Waals surface area contributed by atoms with E-state index in [0.717, 1.165) is 0 Å². The van der Waals surface area contributed by atoms with E-state index in [9.17, 15) is 4.57 Å². The Bertz CT molecular complexity index is 428. The van der Waals surface area contributed by atoms with Crippen LogP contribution in [0.15, 0.2) is 36.7 Å². The van der Waals surface area contributed by atoms with Crippen molar-refractivity contribution in [1.82, 2.24) is 10.2 Å². The zero-order valence-electron chi connectivity index (χ0n) is 16.9. The van der Waals surface area contributed by atoms with Gasteiger partial charge in [0.2, 0.25) is 7.44 Å². The van der Waals surface area contributed by atoms with E-state index in [1.807, 2.05) is 0 Å². The van der Waals surface area contributed by atoms with Gasteiger partial charge in [0.05, 0.1) is 0 Å². The van der Waals surface area contributed by atoms with Crippen molar-refractivity contribution < 1.29 is 4.57 Å². The predicted molar refractivity (Wildman–Crippen MR) is 109 cm³/mol. The number of nitrogens with one attached hydrogen (secondary N) is 2. The number of hydrogen-bond donors (Lipinski definition) is 2. The van der Waals surface area contributed by atoms with Crippen molar-refractivity contribution in [1.29, 1.82) is 0 Å². The minimum absolute atomic E-state index is 0.0469. The fourth-order valence-corrected chi connectivity index (χ4v) is 4.04. The van der Waals surface area contributed by atoms with Gasteiger partial charge in [0.1, 0.15) is 0 Å². The maximum Gasteiger partial charge on any atom is 0.233 e.